The third-order valence-electron chi connectivity index (χ3n) is 6.37. The summed E-state index contributed by atoms with van der Waals surface area (Å²) in [4.78, 5) is 25.6. The zero-order valence-corrected chi connectivity index (χ0v) is 21.3. The lowest BCUT2D eigenvalue weighted by Gasteiger charge is -2.17. The molecule has 0 aliphatic carbocycles. The van der Waals surface area contributed by atoms with E-state index in [-0.39, 0.29) is 24.3 Å². The van der Waals surface area contributed by atoms with E-state index in [2.05, 4.69) is 26.1 Å². The number of carbonyl (C=O) groups excluding carboxylic acids is 1. The van der Waals surface area contributed by atoms with E-state index in [0.717, 1.165) is 27.5 Å². The van der Waals surface area contributed by atoms with Gasteiger partial charge in [-0.15, -0.1) is 0 Å². The molecule has 2 heterocycles. The van der Waals surface area contributed by atoms with Gasteiger partial charge in [0.1, 0.15) is 11.2 Å². The Labute approximate surface area is 204 Å². The quantitative estimate of drug-likeness (QED) is 0.378. The van der Waals surface area contributed by atoms with Crippen LogP contribution in [0.2, 0.25) is 0 Å². The second-order valence-electron chi connectivity index (χ2n) is 9.81. The van der Waals surface area contributed by atoms with Crippen LogP contribution in [0.5, 0.6) is 11.5 Å². The van der Waals surface area contributed by atoms with Crippen LogP contribution in [0.3, 0.4) is 0 Å². The highest BCUT2D eigenvalue weighted by atomic mass is 16.5. The number of rotatable bonds is 6. The maximum Gasteiger partial charge on any atom is 0.340 e. The van der Waals surface area contributed by atoms with Crippen LogP contribution in [-0.4, -0.2) is 20.1 Å². The van der Waals surface area contributed by atoms with Gasteiger partial charge in [0, 0.05) is 17.5 Å². The molecule has 7 nitrogen and oxygen atoms in total. The summed E-state index contributed by atoms with van der Waals surface area (Å²) in [5.74, 6) is 0.909. The van der Waals surface area contributed by atoms with Crippen molar-refractivity contribution < 1.29 is 23.1 Å². The van der Waals surface area contributed by atoms with E-state index in [1.54, 1.807) is 32.6 Å². The molecule has 2 aromatic carbocycles. The topological polar surface area (TPSA) is 90.9 Å². The van der Waals surface area contributed by atoms with E-state index in [4.69, 9.17) is 18.3 Å². The molecule has 1 N–H and O–H groups in total. The molecule has 7 heteroatoms. The van der Waals surface area contributed by atoms with Gasteiger partial charge in [-0.05, 0) is 54.2 Å². The van der Waals surface area contributed by atoms with Crippen molar-refractivity contribution in [2.45, 2.75) is 53.0 Å². The van der Waals surface area contributed by atoms with Crippen molar-refractivity contribution in [2.24, 2.45) is 0 Å². The molecule has 4 rings (SSSR count). The highest BCUT2D eigenvalue weighted by molar-refractivity contribution is 6.07. The van der Waals surface area contributed by atoms with E-state index in [1.165, 1.54) is 0 Å². The zero-order valence-electron chi connectivity index (χ0n) is 21.3. The Kier molecular flexibility index (Phi) is 6.36. The Hall–Kier alpha value is -3.74. The molecule has 0 atom stereocenters. The van der Waals surface area contributed by atoms with Crippen LogP contribution >= 0.6 is 0 Å². The Morgan fingerprint density at radius 2 is 1.74 bits per heavy atom. The van der Waals surface area contributed by atoms with Crippen LogP contribution in [0.4, 0.5) is 0 Å². The van der Waals surface area contributed by atoms with Crippen molar-refractivity contribution in [3.63, 3.8) is 0 Å². The molecule has 184 valence electrons. The average molecular weight is 478 g/mol. The van der Waals surface area contributed by atoms with Crippen molar-refractivity contribution in [3.8, 4) is 11.5 Å². The smallest absolute Gasteiger partial charge is 0.340 e. The predicted octanol–water partition coefficient (Wildman–Crippen LogP) is 5.33. The summed E-state index contributed by atoms with van der Waals surface area (Å²) in [7, 11) is 3.13. The molecule has 35 heavy (non-hydrogen) atoms. The van der Waals surface area contributed by atoms with Crippen molar-refractivity contribution in [1.82, 2.24) is 5.32 Å². The minimum absolute atomic E-state index is 0.0976. The Bertz CT molecular complexity index is 1490. The van der Waals surface area contributed by atoms with E-state index in [0.29, 0.717) is 33.8 Å². The van der Waals surface area contributed by atoms with Gasteiger partial charge in [0.15, 0.2) is 11.5 Å². The second kappa shape index (κ2) is 9.13. The number of hydrogen-bond acceptors (Lipinski definition) is 6. The van der Waals surface area contributed by atoms with Gasteiger partial charge in [-0.1, -0.05) is 26.8 Å². The minimum Gasteiger partial charge on any atom is -0.493 e. The Balaban J connectivity index is 1.66. The molecule has 0 unspecified atom stereocenters. The monoisotopic (exact) mass is 477 g/mol. The lowest BCUT2D eigenvalue weighted by molar-refractivity contribution is -0.120. The third kappa shape index (κ3) is 4.50. The third-order valence-corrected chi connectivity index (χ3v) is 6.37. The van der Waals surface area contributed by atoms with Gasteiger partial charge >= 0.3 is 5.63 Å². The van der Waals surface area contributed by atoms with Crippen molar-refractivity contribution in [3.05, 3.63) is 68.8 Å². The fraction of sp³-hybridized carbons (Fsp3) is 0.357. The number of amides is 1. The minimum atomic E-state index is -0.516. The van der Waals surface area contributed by atoms with Crippen LogP contribution in [0.25, 0.3) is 21.9 Å². The Morgan fingerprint density at radius 3 is 2.40 bits per heavy atom. The highest BCUT2D eigenvalue weighted by Gasteiger charge is 2.25. The molecule has 0 fully saturated rings. The molecular formula is C28H31NO6. The first-order valence-corrected chi connectivity index (χ1v) is 11.5. The highest BCUT2D eigenvalue weighted by Crippen LogP contribution is 2.39. The normalized spacial score (nSPS) is 11.7. The molecule has 0 aliphatic heterocycles. The fourth-order valence-corrected chi connectivity index (χ4v) is 4.46. The summed E-state index contributed by atoms with van der Waals surface area (Å²) >= 11 is 0. The zero-order chi connectivity index (χ0) is 25.5. The number of ether oxygens (including phenoxy) is 2. The van der Waals surface area contributed by atoms with Gasteiger partial charge in [0.2, 0.25) is 5.91 Å². The van der Waals surface area contributed by atoms with Crippen molar-refractivity contribution in [2.75, 3.05) is 14.2 Å². The van der Waals surface area contributed by atoms with E-state index in [9.17, 15) is 9.59 Å². The van der Waals surface area contributed by atoms with E-state index in [1.807, 2.05) is 26.0 Å². The van der Waals surface area contributed by atoms with Gasteiger partial charge in [-0.25, -0.2) is 4.79 Å². The molecule has 1 amide bonds. The number of methoxy groups -OCH3 is 2. The number of nitrogens with one attached hydrogen (secondary N) is 1. The van der Waals surface area contributed by atoms with Gasteiger partial charge in [-0.2, -0.15) is 0 Å². The summed E-state index contributed by atoms with van der Waals surface area (Å²) in [5.41, 5.74) is 4.44. The standard InChI is InChI=1S/C28H31NO6/c1-15-10-22-25(26-24(15)19(14-34-26)28(3,4)5)16(2)18(27(31)35-22)12-23(30)29-13-17-8-9-20(32-6)21(11-17)33-7/h8-11,14H,12-13H2,1-7H3,(H,29,30). The summed E-state index contributed by atoms with van der Waals surface area (Å²) < 4.78 is 22.2. The maximum absolute atomic E-state index is 12.8. The molecule has 0 saturated carbocycles. The van der Waals surface area contributed by atoms with Crippen LogP contribution in [-0.2, 0) is 23.2 Å². The van der Waals surface area contributed by atoms with Gasteiger partial charge < -0.3 is 23.6 Å². The summed E-state index contributed by atoms with van der Waals surface area (Å²) in [6.45, 7) is 10.5. The molecular weight excluding hydrogens is 446 g/mol. The molecule has 2 aromatic heterocycles. The van der Waals surface area contributed by atoms with Crippen LogP contribution < -0.4 is 20.4 Å². The number of benzene rings is 2. The van der Waals surface area contributed by atoms with Crippen molar-refractivity contribution in [1.29, 1.82) is 0 Å². The van der Waals surface area contributed by atoms with Crippen LogP contribution in [0.15, 0.2) is 44.2 Å². The number of fused-ring (bicyclic) bond motifs is 3. The predicted molar refractivity (Wildman–Crippen MR) is 136 cm³/mol. The number of carbonyl (C=O) groups is 1. The molecule has 0 bridgehead atoms. The fourth-order valence-electron chi connectivity index (χ4n) is 4.46. The lowest BCUT2D eigenvalue weighted by atomic mass is 9.85. The second-order valence-corrected chi connectivity index (χ2v) is 9.81. The SMILES string of the molecule is COc1ccc(CNC(=O)Cc2c(C)c3c(cc(C)c4c(C(C)(C)C)coc43)oc2=O)cc1OC. The maximum atomic E-state index is 12.8. The molecule has 4 aromatic rings. The van der Waals surface area contributed by atoms with Gasteiger partial charge in [0.05, 0.1) is 37.9 Å². The van der Waals surface area contributed by atoms with Crippen molar-refractivity contribution >= 4 is 27.8 Å². The summed E-state index contributed by atoms with van der Waals surface area (Å²) in [6, 6.07) is 7.31. The largest absolute Gasteiger partial charge is 0.493 e. The molecule has 0 aliphatic rings. The molecule has 0 saturated heterocycles. The van der Waals surface area contributed by atoms with Gasteiger partial charge in [0.25, 0.3) is 0 Å². The van der Waals surface area contributed by atoms with E-state index < -0.39 is 5.63 Å². The summed E-state index contributed by atoms with van der Waals surface area (Å²) in [5, 5.41) is 4.61. The van der Waals surface area contributed by atoms with Gasteiger partial charge in [-0.3, -0.25) is 4.79 Å². The van der Waals surface area contributed by atoms with Crippen LogP contribution in [0.1, 0.15) is 48.6 Å². The van der Waals surface area contributed by atoms with Crippen LogP contribution in [0, 0.1) is 13.8 Å². The first-order valence-electron chi connectivity index (χ1n) is 11.5. The molecule has 0 spiro atoms. The summed E-state index contributed by atoms with van der Waals surface area (Å²) in [6.07, 6.45) is 1.68. The number of aryl methyl sites for hydroxylation is 2. The van der Waals surface area contributed by atoms with E-state index >= 15 is 0 Å². The average Bonchev–Trinajstić information content (AvgIpc) is 3.26. The first-order chi connectivity index (χ1) is 16.5. The number of furan rings is 1. The lowest BCUT2D eigenvalue weighted by Crippen LogP contribution is -2.27. The Morgan fingerprint density at radius 1 is 1.03 bits per heavy atom. The first kappa shape index (κ1) is 24.4. The molecule has 0 radical (unpaired) electrons. The number of hydrogen-bond donors (Lipinski definition) is 1.